The normalized spacial score (nSPS) is 11.3. The summed E-state index contributed by atoms with van der Waals surface area (Å²) in [7, 11) is -3.33. The fourth-order valence-electron chi connectivity index (χ4n) is 2.98. The van der Waals surface area contributed by atoms with Crippen LogP contribution in [-0.4, -0.2) is 41.9 Å². The van der Waals surface area contributed by atoms with Gasteiger partial charge in [-0.3, -0.25) is 4.79 Å². The number of Topliss-reactive ketones (excluding diaryl/α,β-unsaturated/α-hetero) is 1. The summed E-state index contributed by atoms with van der Waals surface area (Å²) < 4.78 is 25.1. The lowest BCUT2D eigenvalue weighted by atomic mass is 10.1. The van der Waals surface area contributed by atoms with Gasteiger partial charge in [-0.15, -0.1) is 10.1 Å². The van der Waals surface area contributed by atoms with Gasteiger partial charge >= 0.3 is 0 Å². The van der Waals surface area contributed by atoms with Crippen molar-refractivity contribution >= 4 is 15.6 Å². The average molecular weight is 443 g/mol. The van der Waals surface area contributed by atoms with E-state index < -0.39 is 14.9 Å². The minimum Gasteiger partial charge on any atom is -0.314 e. The highest BCUT2D eigenvalue weighted by Crippen LogP contribution is 2.26. The number of ketones is 1. The molecule has 0 unspecified atom stereocenters. The zero-order valence-corrected chi connectivity index (χ0v) is 17.8. The van der Waals surface area contributed by atoms with Crippen LogP contribution in [0.15, 0.2) is 59.5 Å². The van der Waals surface area contributed by atoms with Gasteiger partial charge in [0.2, 0.25) is 0 Å². The number of nitrogens with zero attached hydrogens (tertiary/aromatic N) is 3. The Balaban J connectivity index is 1.95. The summed E-state index contributed by atoms with van der Waals surface area (Å²) >= 11 is 0. The van der Waals surface area contributed by atoms with E-state index in [-0.39, 0.29) is 35.8 Å². The second kappa shape index (κ2) is 9.09. The number of hydrogen-bond donors (Lipinski definition) is 0. The smallest absolute Gasteiger partial charge is 0.294 e. The van der Waals surface area contributed by atoms with Crippen LogP contribution >= 0.6 is 0 Å². The Morgan fingerprint density at radius 2 is 1.77 bits per heavy atom. The highest BCUT2D eigenvalue weighted by Gasteiger charge is 2.17. The first-order chi connectivity index (χ1) is 14.6. The minimum absolute atomic E-state index is 0.0468. The maximum atomic E-state index is 12.6. The first kappa shape index (κ1) is 22.2. The number of hydrogen-bond acceptors (Lipinski definition) is 7. The molecule has 0 aliphatic carbocycles. The lowest BCUT2D eigenvalue weighted by Gasteiger charge is -2.08. The van der Waals surface area contributed by atoms with Crippen LogP contribution in [0.5, 0.6) is 0 Å². The Bertz CT molecular complexity index is 1200. The lowest BCUT2D eigenvalue weighted by molar-refractivity contribution is -0.757. The van der Waals surface area contributed by atoms with Crippen molar-refractivity contribution in [2.45, 2.75) is 24.7 Å². The summed E-state index contributed by atoms with van der Waals surface area (Å²) in [6.07, 6.45) is 1.37. The van der Waals surface area contributed by atoms with Gasteiger partial charge in [0.1, 0.15) is 5.69 Å². The van der Waals surface area contributed by atoms with E-state index in [0.29, 0.717) is 11.3 Å². The molecule has 0 spiro atoms. The highest BCUT2D eigenvalue weighted by atomic mass is 32.2. The molecule has 0 saturated carbocycles. The van der Waals surface area contributed by atoms with E-state index >= 15 is 0 Å². The van der Waals surface area contributed by atoms with E-state index in [0.717, 1.165) is 17.5 Å². The van der Waals surface area contributed by atoms with Crippen LogP contribution in [0.3, 0.4) is 0 Å². The van der Waals surface area contributed by atoms with Gasteiger partial charge in [-0.05, 0) is 43.7 Å². The lowest BCUT2D eigenvalue weighted by Crippen LogP contribution is -2.07. The maximum Gasteiger partial charge on any atom is 0.294 e. The van der Waals surface area contributed by atoms with E-state index in [1.165, 1.54) is 12.1 Å². The van der Waals surface area contributed by atoms with Crippen LogP contribution in [-0.2, 0) is 14.7 Å². The maximum absolute atomic E-state index is 12.6. The molecule has 31 heavy (non-hydrogen) atoms. The van der Waals surface area contributed by atoms with Crippen molar-refractivity contribution in [1.82, 2.24) is 9.78 Å². The molecule has 0 bridgehead atoms. The first-order valence-corrected chi connectivity index (χ1v) is 11.3. The van der Waals surface area contributed by atoms with Crippen molar-refractivity contribution in [3.63, 3.8) is 0 Å². The second-order valence-electron chi connectivity index (χ2n) is 7.04. The van der Waals surface area contributed by atoms with E-state index in [9.17, 15) is 23.3 Å². The van der Waals surface area contributed by atoms with Crippen molar-refractivity contribution in [2.24, 2.45) is 0 Å². The largest absolute Gasteiger partial charge is 0.314 e. The summed E-state index contributed by atoms with van der Waals surface area (Å²) in [6.45, 7) is 1.79. The topological polar surface area (TPSA) is 121 Å². The van der Waals surface area contributed by atoms with Crippen molar-refractivity contribution < 1.29 is 23.1 Å². The van der Waals surface area contributed by atoms with Gasteiger partial charge in [-0.1, -0.05) is 29.8 Å². The van der Waals surface area contributed by atoms with E-state index in [1.807, 2.05) is 31.2 Å². The van der Waals surface area contributed by atoms with Crippen molar-refractivity contribution in [3.8, 4) is 16.9 Å². The van der Waals surface area contributed by atoms with Gasteiger partial charge in [0, 0.05) is 18.2 Å². The number of rotatable bonds is 9. The number of carbonyl (C=O) groups is 1. The molecular weight excluding hydrogens is 422 g/mol. The number of aryl methyl sites for hydroxylation is 1. The van der Waals surface area contributed by atoms with Crippen LogP contribution in [0.2, 0.25) is 0 Å². The Morgan fingerprint density at radius 1 is 1.13 bits per heavy atom. The Morgan fingerprint density at radius 3 is 2.35 bits per heavy atom. The Hall–Kier alpha value is -3.53. The molecule has 0 radical (unpaired) electrons. The number of sulfone groups is 1. The summed E-state index contributed by atoms with van der Waals surface area (Å²) in [5.41, 5.74) is 3.33. The molecule has 3 aromatic rings. The zero-order valence-electron chi connectivity index (χ0n) is 17.0. The number of aromatic nitrogens is 2. The molecule has 0 atom stereocenters. The molecule has 1 aromatic heterocycles. The van der Waals surface area contributed by atoms with Crippen LogP contribution < -0.4 is 0 Å². The third kappa shape index (κ3) is 5.54. The quantitative estimate of drug-likeness (QED) is 0.215. The van der Waals surface area contributed by atoms with Crippen LogP contribution in [0.25, 0.3) is 16.9 Å². The molecule has 0 fully saturated rings. The Kier molecular flexibility index (Phi) is 6.50. The molecule has 0 N–H and O–H groups in total. The molecule has 2 aromatic carbocycles. The predicted molar refractivity (Wildman–Crippen MR) is 113 cm³/mol. The number of benzene rings is 2. The van der Waals surface area contributed by atoms with Gasteiger partial charge in [-0.25, -0.2) is 13.1 Å². The third-order valence-corrected chi connectivity index (χ3v) is 5.73. The van der Waals surface area contributed by atoms with Gasteiger partial charge in [0.05, 0.1) is 22.9 Å². The standard InChI is InChI=1S/C21H21N3O6S/c1-15-5-9-17(10-6-15)23-20(16-7-11-18(12-8-16)31(2,28)29)14-19(22-23)21(25)4-3-13-30-24(26)27/h5-12,14H,3-4,13H2,1-2H3. The van der Waals surface area contributed by atoms with Gasteiger partial charge in [0.15, 0.2) is 15.6 Å². The van der Waals surface area contributed by atoms with E-state index in [4.69, 9.17) is 0 Å². The fourth-order valence-corrected chi connectivity index (χ4v) is 3.61. The summed E-state index contributed by atoms with van der Waals surface area (Å²) in [5.74, 6) is -0.271. The molecular formula is C21H21N3O6S. The zero-order chi connectivity index (χ0) is 22.6. The minimum atomic E-state index is -3.33. The van der Waals surface area contributed by atoms with Crippen LogP contribution in [0.4, 0.5) is 0 Å². The molecule has 3 rings (SSSR count). The molecule has 9 nitrogen and oxygen atoms in total. The van der Waals surface area contributed by atoms with Gasteiger partial charge in [0.25, 0.3) is 5.09 Å². The second-order valence-corrected chi connectivity index (χ2v) is 9.06. The summed E-state index contributed by atoms with van der Waals surface area (Å²) in [6, 6.07) is 15.6. The SMILES string of the molecule is Cc1ccc(-n2nc(C(=O)CCCO[N+](=O)[O-])cc2-c2ccc(S(C)(=O)=O)cc2)cc1. The molecule has 1 heterocycles. The molecule has 0 saturated heterocycles. The molecule has 162 valence electrons. The molecule has 0 amide bonds. The molecule has 10 heteroatoms. The fraction of sp³-hybridized carbons (Fsp3) is 0.238. The summed E-state index contributed by atoms with van der Waals surface area (Å²) in [5, 5.41) is 13.8. The third-order valence-electron chi connectivity index (χ3n) is 4.60. The molecule has 0 aliphatic heterocycles. The summed E-state index contributed by atoms with van der Waals surface area (Å²) in [4.78, 5) is 27.2. The van der Waals surface area contributed by atoms with Crippen LogP contribution in [0, 0.1) is 17.0 Å². The van der Waals surface area contributed by atoms with Crippen molar-refractivity contribution in [1.29, 1.82) is 0 Å². The van der Waals surface area contributed by atoms with Gasteiger partial charge in [-0.2, -0.15) is 5.10 Å². The predicted octanol–water partition coefficient (Wildman–Crippen LogP) is 3.42. The first-order valence-electron chi connectivity index (χ1n) is 9.43. The van der Waals surface area contributed by atoms with E-state index in [1.54, 1.807) is 22.9 Å². The van der Waals surface area contributed by atoms with Crippen molar-refractivity contribution in [3.05, 3.63) is 76.0 Å². The highest BCUT2D eigenvalue weighted by molar-refractivity contribution is 7.90. The van der Waals surface area contributed by atoms with Crippen molar-refractivity contribution in [2.75, 3.05) is 12.9 Å². The number of carbonyl (C=O) groups excluding carboxylic acids is 1. The monoisotopic (exact) mass is 443 g/mol. The Labute approximate surface area is 179 Å². The molecule has 0 aliphatic rings. The van der Waals surface area contributed by atoms with Gasteiger partial charge < -0.3 is 4.84 Å². The average Bonchev–Trinajstić information content (AvgIpc) is 3.16. The van der Waals surface area contributed by atoms with Crippen LogP contribution in [0.1, 0.15) is 28.9 Å². The van der Waals surface area contributed by atoms with E-state index in [2.05, 4.69) is 9.94 Å².